The Balaban J connectivity index is 1.76. The molecule has 6 heteroatoms. The number of ether oxygens (including phenoxy) is 1. The van der Waals surface area contributed by atoms with Crippen LogP contribution in [-0.4, -0.2) is 59.8 Å². The Labute approximate surface area is 151 Å². The minimum Gasteiger partial charge on any atom is -0.381 e. The van der Waals surface area contributed by atoms with Crippen molar-refractivity contribution in [3.05, 3.63) is 11.3 Å². The summed E-state index contributed by atoms with van der Waals surface area (Å²) in [7, 11) is 0. The summed E-state index contributed by atoms with van der Waals surface area (Å²) in [6.07, 6.45) is 3.21. The van der Waals surface area contributed by atoms with Crippen LogP contribution in [0.4, 0.5) is 11.8 Å². The molecule has 0 spiro atoms. The van der Waals surface area contributed by atoms with Crippen LogP contribution in [0.15, 0.2) is 0 Å². The van der Waals surface area contributed by atoms with E-state index in [0.29, 0.717) is 18.0 Å². The normalized spacial score (nSPS) is 21.4. The third kappa shape index (κ3) is 5.05. The number of nitrogens with one attached hydrogen (secondary N) is 2. The summed E-state index contributed by atoms with van der Waals surface area (Å²) in [5.41, 5.74) is 2.50. The third-order valence-electron chi connectivity index (χ3n) is 4.82. The zero-order chi connectivity index (χ0) is 17.8. The van der Waals surface area contributed by atoms with Gasteiger partial charge in [-0.1, -0.05) is 0 Å². The van der Waals surface area contributed by atoms with E-state index < -0.39 is 0 Å². The van der Waals surface area contributed by atoms with Crippen LogP contribution in [0.3, 0.4) is 0 Å². The maximum absolute atomic E-state index is 5.54. The van der Waals surface area contributed by atoms with Crippen molar-refractivity contribution >= 4 is 11.8 Å². The predicted octanol–water partition coefficient (Wildman–Crippen LogP) is 2.55. The van der Waals surface area contributed by atoms with Gasteiger partial charge in [-0.2, -0.15) is 4.98 Å². The van der Waals surface area contributed by atoms with E-state index in [0.717, 1.165) is 57.5 Å². The second kappa shape index (κ2) is 8.32. The van der Waals surface area contributed by atoms with Gasteiger partial charge in [0.1, 0.15) is 5.82 Å². The molecule has 0 aromatic carbocycles. The lowest BCUT2D eigenvalue weighted by Gasteiger charge is -2.22. The van der Waals surface area contributed by atoms with Gasteiger partial charge in [0, 0.05) is 50.3 Å². The molecule has 3 heterocycles. The van der Waals surface area contributed by atoms with Crippen LogP contribution < -0.4 is 10.6 Å². The van der Waals surface area contributed by atoms with Crippen LogP contribution in [0.5, 0.6) is 0 Å². The second-order valence-electron chi connectivity index (χ2n) is 7.95. The molecule has 1 atom stereocenters. The van der Waals surface area contributed by atoms with Crippen LogP contribution in [0, 0.1) is 5.92 Å². The monoisotopic (exact) mass is 347 g/mol. The van der Waals surface area contributed by atoms with Gasteiger partial charge in [-0.15, -0.1) is 0 Å². The summed E-state index contributed by atoms with van der Waals surface area (Å²) >= 11 is 0. The zero-order valence-corrected chi connectivity index (χ0v) is 16.1. The average Bonchev–Trinajstić information content (AvgIpc) is 2.94. The van der Waals surface area contributed by atoms with Crippen molar-refractivity contribution in [3.63, 3.8) is 0 Å². The molecule has 2 aliphatic heterocycles. The van der Waals surface area contributed by atoms with Gasteiger partial charge in [-0.05, 0) is 46.5 Å². The van der Waals surface area contributed by atoms with E-state index in [1.54, 1.807) is 0 Å². The third-order valence-corrected chi connectivity index (χ3v) is 4.82. The highest BCUT2D eigenvalue weighted by atomic mass is 16.5. The van der Waals surface area contributed by atoms with E-state index >= 15 is 0 Å². The first-order chi connectivity index (χ1) is 12.0. The summed E-state index contributed by atoms with van der Waals surface area (Å²) in [4.78, 5) is 12.2. The van der Waals surface area contributed by atoms with Crippen molar-refractivity contribution < 1.29 is 4.74 Å². The highest BCUT2D eigenvalue weighted by Crippen LogP contribution is 2.25. The summed E-state index contributed by atoms with van der Waals surface area (Å²) in [6, 6.07) is 0.690. The van der Waals surface area contributed by atoms with Crippen LogP contribution in [0.2, 0.25) is 0 Å². The SMILES string of the molecule is CC(C)Nc1nc2c(c(NC(C)C)n1)CCN(C[C@H]1CCOC1)CC2. The molecule has 3 rings (SSSR count). The molecular formula is C19H33N5O. The number of fused-ring (bicyclic) bond motifs is 1. The molecule has 1 aromatic heterocycles. The minimum atomic E-state index is 0.328. The van der Waals surface area contributed by atoms with Crippen molar-refractivity contribution in [1.82, 2.24) is 14.9 Å². The van der Waals surface area contributed by atoms with Gasteiger partial charge in [-0.25, -0.2) is 4.98 Å². The van der Waals surface area contributed by atoms with Crippen molar-refractivity contribution in [1.29, 1.82) is 0 Å². The minimum absolute atomic E-state index is 0.328. The van der Waals surface area contributed by atoms with E-state index in [9.17, 15) is 0 Å². The first-order valence-electron chi connectivity index (χ1n) is 9.74. The molecule has 0 saturated carbocycles. The molecule has 0 amide bonds. The molecule has 0 unspecified atom stereocenters. The Morgan fingerprint density at radius 1 is 1.08 bits per heavy atom. The number of nitrogens with zero attached hydrogens (tertiary/aromatic N) is 3. The molecule has 6 nitrogen and oxygen atoms in total. The smallest absolute Gasteiger partial charge is 0.225 e. The molecule has 0 aliphatic carbocycles. The van der Waals surface area contributed by atoms with Gasteiger partial charge in [0.2, 0.25) is 5.95 Å². The standard InChI is InChI=1S/C19H33N5O/c1-13(2)20-18-16-5-8-24(11-15-7-10-25-12-15)9-6-17(16)22-19(23-18)21-14(3)4/h13-15H,5-12H2,1-4H3,(H2,20,21,22,23)/t15-/m1/s1. The predicted molar refractivity (Wildman–Crippen MR) is 102 cm³/mol. The largest absolute Gasteiger partial charge is 0.381 e. The molecule has 0 bridgehead atoms. The topological polar surface area (TPSA) is 62.3 Å². The Morgan fingerprint density at radius 3 is 2.52 bits per heavy atom. The maximum atomic E-state index is 5.54. The van der Waals surface area contributed by atoms with E-state index in [4.69, 9.17) is 14.7 Å². The van der Waals surface area contributed by atoms with Gasteiger partial charge < -0.3 is 20.3 Å². The molecule has 140 valence electrons. The van der Waals surface area contributed by atoms with Gasteiger partial charge in [-0.3, -0.25) is 0 Å². The summed E-state index contributed by atoms with van der Waals surface area (Å²) in [6.45, 7) is 13.7. The van der Waals surface area contributed by atoms with Crippen molar-refractivity contribution in [3.8, 4) is 0 Å². The van der Waals surface area contributed by atoms with Crippen LogP contribution in [0.25, 0.3) is 0 Å². The lowest BCUT2D eigenvalue weighted by atomic mass is 10.1. The van der Waals surface area contributed by atoms with Crippen molar-refractivity contribution in [2.45, 2.75) is 59.0 Å². The second-order valence-corrected chi connectivity index (χ2v) is 7.95. The number of aromatic nitrogens is 2. The van der Waals surface area contributed by atoms with Gasteiger partial charge in [0.05, 0.1) is 12.3 Å². The molecular weight excluding hydrogens is 314 g/mol. The number of rotatable bonds is 6. The lowest BCUT2D eigenvalue weighted by Crippen LogP contribution is -2.32. The van der Waals surface area contributed by atoms with Gasteiger partial charge >= 0.3 is 0 Å². The van der Waals surface area contributed by atoms with Crippen LogP contribution in [-0.2, 0) is 17.6 Å². The fourth-order valence-electron chi connectivity index (χ4n) is 3.64. The molecule has 1 saturated heterocycles. The fraction of sp³-hybridized carbons (Fsp3) is 0.789. The quantitative estimate of drug-likeness (QED) is 0.825. The Morgan fingerprint density at radius 2 is 1.84 bits per heavy atom. The van der Waals surface area contributed by atoms with Crippen LogP contribution in [0.1, 0.15) is 45.4 Å². The van der Waals surface area contributed by atoms with E-state index in [1.807, 2.05) is 0 Å². The molecule has 1 fully saturated rings. The van der Waals surface area contributed by atoms with Crippen molar-refractivity contribution in [2.24, 2.45) is 5.92 Å². The van der Waals surface area contributed by atoms with Crippen molar-refractivity contribution in [2.75, 3.05) is 43.5 Å². The number of hydrogen-bond donors (Lipinski definition) is 2. The summed E-state index contributed by atoms with van der Waals surface area (Å²) in [5.74, 6) is 2.45. The highest BCUT2D eigenvalue weighted by Gasteiger charge is 2.24. The van der Waals surface area contributed by atoms with Gasteiger partial charge in [0.25, 0.3) is 0 Å². The number of hydrogen-bond acceptors (Lipinski definition) is 6. The first-order valence-corrected chi connectivity index (χ1v) is 9.74. The summed E-state index contributed by atoms with van der Waals surface area (Å²) < 4.78 is 5.54. The maximum Gasteiger partial charge on any atom is 0.225 e. The molecule has 0 radical (unpaired) electrons. The van der Waals surface area contributed by atoms with E-state index in [-0.39, 0.29) is 0 Å². The van der Waals surface area contributed by atoms with Gasteiger partial charge in [0.15, 0.2) is 0 Å². The summed E-state index contributed by atoms with van der Waals surface area (Å²) in [5, 5.41) is 6.90. The molecule has 25 heavy (non-hydrogen) atoms. The lowest BCUT2D eigenvalue weighted by molar-refractivity contribution is 0.168. The van der Waals surface area contributed by atoms with E-state index in [2.05, 4.69) is 43.2 Å². The van der Waals surface area contributed by atoms with Crippen LogP contribution >= 0.6 is 0 Å². The molecule has 2 N–H and O–H groups in total. The molecule has 2 aliphatic rings. The fourth-order valence-corrected chi connectivity index (χ4v) is 3.64. The van der Waals surface area contributed by atoms with E-state index in [1.165, 1.54) is 17.7 Å². The Bertz CT molecular complexity index is 569. The number of anilines is 2. The zero-order valence-electron chi connectivity index (χ0n) is 16.1. The Hall–Kier alpha value is -1.40. The molecule has 1 aromatic rings. The highest BCUT2D eigenvalue weighted by molar-refractivity contribution is 5.52. The average molecular weight is 348 g/mol. The first kappa shape index (κ1) is 18.4. The Kier molecular flexibility index (Phi) is 6.12.